The Morgan fingerprint density at radius 3 is 2.82 bits per heavy atom. The lowest BCUT2D eigenvalue weighted by atomic mass is 10.2. The Labute approximate surface area is 131 Å². The number of rotatable bonds is 5. The molecule has 1 aromatic carbocycles. The maximum absolute atomic E-state index is 11.9. The highest BCUT2D eigenvalue weighted by Gasteiger charge is 2.06. The Balaban J connectivity index is 1.98. The van der Waals surface area contributed by atoms with Crippen molar-refractivity contribution in [1.29, 1.82) is 5.26 Å². The number of nitriles is 1. The van der Waals surface area contributed by atoms with Gasteiger partial charge in [-0.2, -0.15) is 5.26 Å². The molecule has 1 aromatic heterocycles. The fourth-order valence-corrected chi connectivity index (χ4v) is 2.08. The Bertz CT molecular complexity index is 833. The van der Waals surface area contributed by atoms with Gasteiger partial charge in [0.1, 0.15) is 10.9 Å². The molecule has 0 aliphatic rings. The van der Waals surface area contributed by atoms with E-state index in [9.17, 15) is 9.59 Å². The van der Waals surface area contributed by atoms with Crippen LogP contribution in [0.4, 0.5) is 0 Å². The Kier molecular flexibility index (Phi) is 5.02. The van der Waals surface area contributed by atoms with E-state index in [0.717, 1.165) is 4.57 Å². The summed E-state index contributed by atoms with van der Waals surface area (Å²) in [6.45, 7) is 0.563. The van der Waals surface area contributed by atoms with Crippen molar-refractivity contribution >= 4 is 11.6 Å². The molecule has 0 saturated carbocycles. The van der Waals surface area contributed by atoms with E-state index in [1.807, 2.05) is 6.07 Å². The third-order valence-electron chi connectivity index (χ3n) is 3.10. The molecule has 0 spiro atoms. The van der Waals surface area contributed by atoms with Gasteiger partial charge in [0, 0.05) is 19.7 Å². The molecular weight excluding hydrogens is 306 g/mol. The first-order valence-corrected chi connectivity index (χ1v) is 7.00. The van der Waals surface area contributed by atoms with Gasteiger partial charge in [0.05, 0.1) is 18.2 Å². The number of aromatic nitrogens is 2. The molecule has 0 aliphatic heterocycles. The van der Waals surface area contributed by atoms with Crippen molar-refractivity contribution in [3.05, 3.63) is 61.9 Å². The first kappa shape index (κ1) is 15.9. The summed E-state index contributed by atoms with van der Waals surface area (Å²) in [7, 11) is 1.50. The van der Waals surface area contributed by atoms with E-state index in [1.54, 1.807) is 24.3 Å². The zero-order valence-corrected chi connectivity index (χ0v) is 12.7. The molecule has 2 rings (SSSR count). The average Bonchev–Trinajstić information content (AvgIpc) is 2.52. The number of ether oxygens (including phenoxy) is 1. The highest BCUT2D eigenvalue weighted by Crippen LogP contribution is 2.12. The maximum atomic E-state index is 11.9. The summed E-state index contributed by atoms with van der Waals surface area (Å²) in [5.41, 5.74) is -0.371. The van der Waals surface area contributed by atoms with Gasteiger partial charge in [-0.1, -0.05) is 17.7 Å². The molecule has 0 atom stereocenters. The highest BCUT2D eigenvalue weighted by atomic mass is 35.5. The van der Waals surface area contributed by atoms with Gasteiger partial charge in [0.2, 0.25) is 0 Å². The molecule has 0 fully saturated rings. The van der Waals surface area contributed by atoms with Crippen molar-refractivity contribution in [1.82, 2.24) is 9.13 Å². The SMILES string of the molecule is Cn1c(Cl)cc(=O)n(CCCOc2cccc(C#N)c2)c1=O. The van der Waals surface area contributed by atoms with E-state index in [1.165, 1.54) is 17.7 Å². The van der Waals surface area contributed by atoms with Gasteiger partial charge in [0.25, 0.3) is 5.56 Å². The fourth-order valence-electron chi connectivity index (χ4n) is 1.92. The minimum atomic E-state index is -0.455. The summed E-state index contributed by atoms with van der Waals surface area (Å²) in [5.74, 6) is 0.579. The van der Waals surface area contributed by atoms with Crippen LogP contribution in [0.25, 0.3) is 0 Å². The number of halogens is 1. The predicted molar refractivity (Wildman–Crippen MR) is 82.2 cm³/mol. The van der Waals surface area contributed by atoms with Crippen molar-refractivity contribution in [2.45, 2.75) is 13.0 Å². The van der Waals surface area contributed by atoms with Crippen LogP contribution in [0, 0.1) is 11.3 Å². The minimum absolute atomic E-state index is 0.107. The van der Waals surface area contributed by atoms with Crippen LogP contribution in [0.2, 0.25) is 5.15 Å². The molecule has 7 heteroatoms. The lowest BCUT2D eigenvalue weighted by Crippen LogP contribution is -2.38. The second-order valence-corrected chi connectivity index (χ2v) is 5.03. The fraction of sp³-hybridized carbons (Fsp3) is 0.267. The van der Waals surface area contributed by atoms with Crippen LogP contribution in [0.5, 0.6) is 5.75 Å². The highest BCUT2D eigenvalue weighted by molar-refractivity contribution is 6.29. The Morgan fingerprint density at radius 2 is 2.09 bits per heavy atom. The van der Waals surface area contributed by atoms with Crippen molar-refractivity contribution in [3.8, 4) is 11.8 Å². The molecular formula is C15H14ClN3O3. The van der Waals surface area contributed by atoms with E-state index >= 15 is 0 Å². The van der Waals surface area contributed by atoms with Gasteiger partial charge < -0.3 is 4.74 Å². The molecule has 0 unspecified atom stereocenters. The third-order valence-corrected chi connectivity index (χ3v) is 3.47. The molecule has 0 saturated heterocycles. The topological polar surface area (TPSA) is 77.0 Å². The molecule has 0 aliphatic carbocycles. The summed E-state index contributed by atoms with van der Waals surface area (Å²) < 4.78 is 7.82. The van der Waals surface area contributed by atoms with Gasteiger partial charge in [0.15, 0.2) is 0 Å². The lowest BCUT2D eigenvalue weighted by molar-refractivity contribution is 0.299. The first-order valence-electron chi connectivity index (χ1n) is 6.62. The number of hydrogen-bond acceptors (Lipinski definition) is 4. The molecule has 0 radical (unpaired) electrons. The molecule has 2 aromatic rings. The van der Waals surface area contributed by atoms with Crippen molar-refractivity contribution in [3.63, 3.8) is 0 Å². The van der Waals surface area contributed by atoms with E-state index in [0.29, 0.717) is 24.3 Å². The van der Waals surface area contributed by atoms with Crippen LogP contribution >= 0.6 is 11.6 Å². The summed E-state index contributed by atoms with van der Waals surface area (Å²) in [4.78, 5) is 23.7. The largest absolute Gasteiger partial charge is 0.493 e. The molecule has 6 nitrogen and oxygen atoms in total. The molecule has 0 bridgehead atoms. The van der Waals surface area contributed by atoms with Crippen molar-refractivity contribution in [2.75, 3.05) is 6.61 Å². The van der Waals surface area contributed by atoms with E-state index in [4.69, 9.17) is 21.6 Å². The molecule has 1 heterocycles. The summed E-state index contributed by atoms with van der Waals surface area (Å²) in [6.07, 6.45) is 0.480. The smallest absolute Gasteiger partial charge is 0.331 e. The monoisotopic (exact) mass is 319 g/mol. The van der Waals surface area contributed by atoms with Gasteiger partial charge in [-0.05, 0) is 24.6 Å². The number of hydrogen-bond donors (Lipinski definition) is 0. The first-order chi connectivity index (χ1) is 10.5. The normalized spacial score (nSPS) is 10.2. The van der Waals surface area contributed by atoms with Gasteiger partial charge in [-0.15, -0.1) is 0 Å². The Hall–Kier alpha value is -2.52. The van der Waals surface area contributed by atoms with E-state index in [-0.39, 0.29) is 11.7 Å². The third kappa shape index (κ3) is 3.57. The summed E-state index contributed by atoms with van der Waals surface area (Å²) in [5, 5.41) is 8.91. The van der Waals surface area contributed by atoms with Crippen LogP contribution in [0.1, 0.15) is 12.0 Å². The van der Waals surface area contributed by atoms with E-state index < -0.39 is 11.2 Å². The lowest BCUT2D eigenvalue weighted by Gasteiger charge is -2.09. The van der Waals surface area contributed by atoms with Crippen LogP contribution in [0.15, 0.2) is 39.9 Å². The van der Waals surface area contributed by atoms with Gasteiger partial charge >= 0.3 is 5.69 Å². The summed E-state index contributed by atoms with van der Waals surface area (Å²) in [6, 6.07) is 10.0. The zero-order valence-electron chi connectivity index (χ0n) is 12.0. The average molecular weight is 320 g/mol. The van der Waals surface area contributed by atoms with Crippen molar-refractivity contribution in [2.24, 2.45) is 7.05 Å². The quantitative estimate of drug-likeness (QED) is 0.618. The van der Waals surface area contributed by atoms with Gasteiger partial charge in [-0.25, -0.2) is 4.79 Å². The van der Waals surface area contributed by atoms with Gasteiger partial charge in [-0.3, -0.25) is 13.9 Å². The molecule has 114 valence electrons. The van der Waals surface area contributed by atoms with Crippen LogP contribution in [-0.4, -0.2) is 15.7 Å². The minimum Gasteiger partial charge on any atom is -0.493 e. The maximum Gasteiger partial charge on any atom is 0.331 e. The van der Waals surface area contributed by atoms with Crippen LogP contribution in [-0.2, 0) is 13.6 Å². The molecule has 22 heavy (non-hydrogen) atoms. The second kappa shape index (κ2) is 6.96. The van der Waals surface area contributed by atoms with Crippen molar-refractivity contribution < 1.29 is 4.74 Å². The number of benzene rings is 1. The zero-order chi connectivity index (χ0) is 16.1. The van der Waals surface area contributed by atoms with Crippen LogP contribution < -0.4 is 16.0 Å². The summed E-state index contributed by atoms with van der Waals surface area (Å²) >= 11 is 5.76. The second-order valence-electron chi connectivity index (χ2n) is 4.64. The number of nitrogens with zero attached hydrogens (tertiary/aromatic N) is 3. The Morgan fingerprint density at radius 1 is 1.32 bits per heavy atom. The van der Waals surface area contributed by atoms with Crippen LogP contribution in [0.3, 0.4) is 0 Å². The molecule has 0 amide bonds. The predicted octanol–water partition coefficient (Wildman–Crippen LogP) is 1.54. The molecule has 0 N–H and O–H groups in total. The standard InChI is InChI=1S/C15H14ClN3O3/c1-18-13(16)9-14(20)19(15(18)21)6-3-7-22-12-5-2-4-11(8-12)10-17/h2,4-5,8-9H,3,6-7H2,1H3. The van der Waals surface area contributed by atoms with E-state index in [2.05, 4.69) is 0 Å².